The highest BCUT2D eigenvalue weighted by Crippen LogP contribution is 2.29. The minimum Gasteiger partial charge on any atom is -0.497 e. The minimum absolute atomic E-state index is 0.0687. The first-order valence-corrected chi connectivity index (χ1v) is 10.7. The van der Waals surface area contributed by atoms with Crippen LogP contribution in [0.3, 0.4) is 0 Å². The number of hydrogen-bond donors (Lipinski definition) is 1. The van der Waals surface area contributed by atoms with Gasteiger partial charge >= 0.3 is 0 Å². The van der Waals surface area contributed by atoms with Crippen molar-refractivity contribution in [2.75, 3.05) is 18.2 Å². The molecule has 0 bridgehead atoms. The first-order valence-electron chi connectivity index (χ1n) is 9.70. The number of aromatic nitrogens is 3. The lowest BCUT2D eigenvalue weighted by atomic mass is 10.1. The zero-order chi connectivity index (χ0) is 21.4. The fourth-order valence-electron chi connectivity index (χ4n) is 3.81. The molecule has 2 aromatic carbocycles. The average molecular weight is 421 g/mol. The summed E-state index contributed by atoms with van der Waals surface area (Å²) >= 11 is 1.37. The zero-order valence-electron chi connectivity index (χ0n) is 17.7. The summed E-state index contributed by atoms with van der Waals surface area (Å²) < 4.78 is 7.38. The number of amides is 1. The average Bonchev–Trinajstić information content (AvgIpc) is 3.11. The predicted molar refractivity (Wildman–Crippen MR) is 122 cm³/mol. The van der Waals surface area contributed by atoms with E-state index in [0.29, 0.717) is 5.16 Å². The summed E-state index contributed by atoms with van der Waals surface area (Å²) in [7, 11) is 1.65. The quantitative estimate of drug-likeness (QED) is 0.467. The van der Waals surface area contributed by atoms with E-state index in [9.17, 15) is 4.79 Å². The van der Waals surface area contributed by atoms with Gasteiger partial charge in [-0.15, -0.1) is 10.2 Å². The standard InChI is InChI=1S/C23H24N4O2S/c1-13-8-15(3)22(16(4)9-13)24-21(28)12-30-23-26-25-20-10-14(2)18-7-6-17(29-5)11-19(18)27(20)23/h6-11H,12H2,1-5H3,(H,24,28). The Labute approximate surface area is 179 Å². The molecule has 2 heterocycles. The molecule has 4 rings (SSSR count). The van der Waals surface area contributed by atoms with Crippen LogP contribution in [-0.4, -0.2) is 33.4 Å². The highest BCUT2D eigenvalue weighted by molar-refractivity contribution is 7.99. The number of pyridine rings is 1. The number of thioether (sulfide) groups is 1. The van der Waals surface area contributed by atoms with Crippen LogP contribution in [0.4, 0.5) is 5.69 Å². The van der Waals surface area contributed by atoms with Crippen molar-refractivity contribution in [1.29, 1.82) is 0 Å². The number of anilines is 1. The molecular formula is C23H24N4O2S. The molecular weight excluding hydrogens is 396 g/mol. The van der Waals surface area contributed by atoms with Crippen LogP contribution in [0.2, 0.25) is 0 Å². The molecule has 0 saturated heterocycles. The maximum Gasteiger partial charge on any atom is 0.234 e. The summed E-state index contributed by atoms with van der Waals surface area (Å²) in [5, 5.41) is 13.4. The predicted octanol–water partition coefficient (Wildman–Crippen LogP) is 4.86. The van der Waals surface area contributed by atoms with Gasteiger partial charge in [0.25, 0.3) is 0 Å². The van der Waals surface area contributed by atoms with E-state index in [1.54, 1.807) is 7.11 Å². The summed E-state index contributed by atoms with van der Waals surface area (Å²) in [5.74, 6) is 0.940. The first kappa shape index (κ1) is 20.2. The number of methoxy groups -OCH3 is 1. The number of benzene rings is 2. The van der Waals surface area contributed by atoms with Crippen LogP contribution in [0.15, 0.2) is 41.6 Å². The Morgan fingerprint density at radius 3 is 2.47 bits per heavy atom. The number of nitrogens with one attached hydrogen (secondary N) is 1. The van der Waals surface area contributed by atoms with Crippen molar-refractivity contribution < 1.29 is 9.53 Å². The fraction of sp³-hybridized carbons (Fsp3) is 0.261. The van der Waals surface area contributed by atoms with Crippen molar-refractivity contribution >= 4 is 39.9 Å². The van der Waals surface area contributed by atoms with Crippen molar-refractivity contribution in [3.8, 4) is 5.75 Å². The first-order chi connectivity index (χ1) is 14.4. The van der Waals surface area contributed by atoms with Gasteiger partial charge in [-0.2, -0.15) is 0 Å². The van der Waals surface area contributed by atoms with Gasteiger partial charge in [0, 0.05) is 17.1 Å². The fourth-order valence-corrected chi connectivity index (χ4v) is 4.56. The number of rotatable bonds is 5. The van der Waals surface area contributed by atoms with Gasteiger partial charge in [-0.25, -0.2) is 0 Å². The lowest BCUT2D eigenvalue weighted by molar-refractivity contribution is -0.113. The smallest absolute Gasteiger partial charge is 0.234 e. The van der Waals surface area contributed by atoms with Crippen LogP contribution < -0.4 is 10.1 Å². The van der Waals surface area contributed by atoms with E-state index in [1.165, 1.54) is 17.3 Å². The van der Waals surface area contributed by atoms with Crippen LogP contribution in [0.1, 0.15) is 22.3 Å². The van der Waals surface area contributed by atoms with Gasteiger partial charge in [0.1, 0.15) is 5.75 Å². The van der Waals surface area contributed by atoms with E-state index in [0.717, 1.165) is 44.7 Å². The Hall–Kier alpha value is -3.06. The van der Waals surface area contributed by atoms with Crippen LogP contribution in [0.25, 0.3) is 16.6 Å². The van der Waals surface area contributed by atoms with E-state index in [2.05, 4.69) is 41.5 Å². The molecule has 0 unspecified atom stereocenters. The maximum atomic E-state index is 12.6. The summed E-state index contributed by atoms with van der Waals surface area (Å²) in [4.78, 5) is 12.6. The highest BCUT2D eigenvalue weighted by atomic mass is 32.2. The molecule has 1 amide bonds. The van der Waals surface area contributed by atoms with Crippen LogP contribution >= 0.6 is 11.8 Å². The van der Waals surface area contributed by atoms with E-state index in [1.807, 2.05) is 42.5 Å². The number of carbonyl (C=O) groups is 1. The Balaban J connectivity index is 1.62. The van der Waals surface area contributed by atoms with Crippen molar-refractivity contribution in [3.05, 3.63) is 58.7 Å². The Morgan fingerprint density at radius 1 is 1.03 bits per heavy atom. The Kier molecular flexibility index (Phi) is 5.39. The third kappa shape index (κ3) is 3.73. The summed E-state index contributed by atoms with van der Waals surface area (Å²) in [6.45, 7) is 8.13. The number of fused-ring (bicyclic) bond motifs is 3. The number of nitrogens with zero attached hydrogens (tertiary/aromatic N) is 3. The molecule has 6 nitrogen and oxygen atoms in total. The second-order valence-electron chi connectivity index (χ2n) is 7.50. The number of aryl methyl sites for hydroxylation is 4. The molecule has 0 atom stereocenters. The largest absolute Gasteiger partial charge is 0.497 e. The lowest BCUT2D eigenvalue weighted by Crippen LogP contribution is -2.16. The molecule has 1 N–H and O–H groups in total. The number of hydrogen-bond acceptors (Lipinski definition) is 5. The second kappa shape index (κ2) is 7.99. The topological polar surface area (TPSA) is 68.5 Å². The lowest BCUT2D eigenvalue weighted by Gasteiger charge is -2.13. The molecule has 0 radical (unpaired) electrons. The summed E-state index contributed by atoms with van der Waals surface area (Å²) in [5.41, 5.74) is 7.02. The second-order valence-corrected chi connectivity index (χ2v) is 8.44. The molecule has 7 heteroatoms. The monoisotopic (exact) mass is 420 g/mol. The minimum atomic E-state index is -0.0687. The van der Waals surface area contributed by atoms with Gasteiger partial charge in [-0.1, -0.05) is 29.5 Å². The molecule has 30 heavy (non-hydrogen) atoms. The SMILES string of the molecule is COc1ccc2c(C)cc3nnc(SCC(=O)Nc4c(C)cc(C)cc4C)n3c2c1. The van der Waals surface area contributed by atoms with Crippen LogP contribution in [0, 0.1) is 27.7 Å². The van der Waals surface area contributed by atoms with E-state index in [-0.39, 0.29) is 11.7 Å². The van der Waals surface area contributed by atoms with Gasteiger partial charge < -0.3 is 10.1 Å². The van der Waals surface area contributed by atoms with Gasteiger partial charge in [0.2, 0.25) is 5.91 Å². The van der Waals surface area contributed by atoms with Crippen molar-refractivity contribution in [3.63, 3.8) is 0 Å². The molecule has 0 aliphatic carbocycles. The van der Waals surface area contributed by atoms with Crippen LogP contribution in [0.5, 0.6) is 5.75 Å². The number of carbonyl (C=O) groups excluding carboxylic acids is 1. The van der Waals surface area contributed by atoms with E-state index >= 15 is 0 Å². The third-order valence-corrected chi connectivity index (χ3v) is 6.08. The maximum absolute atomic E-state index is 12.6. The molecule has 0 fully saturated rings. The molecule has 0 aliphatic rings. The molecule has 0 spiro atoms. The zero-order valence-corrected chi connectivity index (χ0v) is 18.6. The van der Waals surface area contributed by atoms with Gasteiger partial charge in [0.15, 0.2) is 10.8 Å². The van der Waals surface area contributed by atoms with Crippen molar-refractivity contribution in [1.82, 2.24) is 14.6 Å². The molecule has 4 aromatic rings. The number of ether oxygens (including phenoxy) is 1. The molecule has 2 aromatic heterocycles. The van der Waals surface area contributed by atoms with E-state index in [4.69, 9.17) is 4.74 Å². The van der Waals surface area contributed by atoms with Gasteiger partial charge in [0.05, 0.1) is 18.4 Å². The van der Waals surface area contributed by atoms with Crippen molar-refractivity contribution in [2.24, 2.45) is 0 Å². The molecule has 154 valence electrons. The summed E-state index contributed by atoms with van der Waals surface area (Å²) in [6.07, 6.45) is 0. The van der Waals surface area contributed by atoms with Gasteiger partial charge in [-0.05, 0) is 62.6 Å². The molecule has 0 saturated carbocycles. The Morgan fingerprint density at radius 2 is 1.77 bits per heavy atom. The Bertz CT molecular complexity index is 1260. The summed E-state index contributed by atoms with van der Waals surface area (Å²) in [6, 6.07) is 12.1. The van der Waals surface area contributed by atoms with Crippen LogP contribution in [-0.2, 0) is 4.79 Å². The molecule has 0 aliphatic heterocycles. The van der Waals surface area contributed by atoms with E-state index < -0.39 is 0 Å². The third-order valence-electron chi connectivity index (χ3n) is 5.15. The normalized spacial score (nSPS) is 11.2. The highest BCUT2D eigenvalue weighted by Gasteiger charge is 2.15. The van der Waals surface area contributed by atoms with Gasteiger partial charge in [-0.3, -0.25) is 9.20 Å². The van der Waals surface area contributed by atoms with Crippen molar-refractivity contribution in [2.45, 2.75) is 32.9 Å².